The maximum atomic E-state index is 11.4. The average molecular weight is 259 g/mol. The number of hydrogen-bond donors (Lipinski definition) is 2. The summed E-state index contributed by atoms with van der Waals surface area (Å²) in [5, 5.41) is 7.14. The SMILES string of the molecule is CC(=O)c1cc(NCc2c(C)noc2C)ccc1N. The van der Waals surface area contributed by atoms with Crippen LogP contribution in [0.3, 0.4) is 0 Å². The number of carbonyl (C=O) groups is 1. The Morgan fingerprint density at radius 3 is 2.74 bits per heavy atom. The van der Waals surface area contributed by atoms with Crippen LogP contribution in [0.15, 0.2) is 22.7 Å². The molecule has 0 bridgehead atoms. The zero-order chi connectivity index (χ0) is 14.0. The molecule has 0 unspecified atom stereocenters. The van der Waals surface area contributed by atoms with Crippen molar-refractivity contribution in [3.05, 3.63) is 40.8 Å². The molecule has 100 valence electrons. The lowest BCUT2D eigenvalue weighted by molar-refractivity contribution is 0.101. The number of Topliss-reactive ketones (excluding diaryl/α,β-unsaturated/α-hetero) is 1. The number of aromatic nitrogens is 1. The molecule has 0 radical (unpaired) electrons. The standard InChI is InChI=1S/C14H17N3O2/c1-8-13(10(3)19-17-8)7-16-11-4-5-14(15)12(6-11)9(2)18/h4-6,16H,7,15H2,1-3H3. The molecule has 0 atom stereocenters. The minimum atomic E-state index is -0.0431. The number of anilines is 2. The van der Waals surface area contributed by atoms with Crippen LogP contribution in [0.1, 0.15) is 34.3 Å². The number of nitrogens with one attached hydrogen (secondary N) is 1. The van der Waals surface area contributed by atoms with E-state index in [4.69, 9.17) is 10.3 Å². The summed E-state index contributed by atoms with van der Waals surface area (Å²) in [5.41, 5.74) is 9.53. The third-order valence-corrected chi connectivity index (χ3v) is 3.08. The zero-order valence-corrected chi connectivity index (χ0v) is 11.3. The molecule has 1 heterocycles. The molecule has 5 heteroatoms. The number of nitrogens with zero attached hydrogens (tertiary/aromatic N) is 1. The van der Waals surface area contributed by atoms with Crippen LogP contribution in [0, 0.1) is 13.8 Å². The predicted molar refractivity (Wildman–Crippen MR) is 74.2 cm³/mol. The Kier molecular flexibility index (Phi) is 3.55. The second-order valence-electron chi connectivity index (χ2n) is 4.51. The summed E-state index contributed by atoms with van der Waals surface area (Å²) in [6, 6.07) is 5.34. The summed E-state index contributed by atoms with van der Waals surface area (Å²) < 4.78 is 5.10. The molecule has 1 aromatic heterocycles. The average Bonchev–Trinajstić information content (AvgIpc) is 2.68. The van der Waals surface area contributed by atoms with Gasteiger partial charge in [-0.15, -0.1) is 0 Å². The highest BCUT2D eigenvalue weighted by atomic mass is 16.5. The molecular formula is C14H17N3O2. The Balaban J connectivity index is 2.16. The molecule has 0 aliphatic carbocycles. The number of nitrogens with two attached hydrogens (primary N) is 1. The summed E-state index contributed by atoms with van der Waals surface area (Å²) in [5.74, 6) is 0.755. The van der Waals surface area contributed by atoms with E-state index in [1.807, 2.05) is 19.9 Å². The molecule has 2 rings (SSSR count). The number of ketones is 1. The number of benzene rings is 1. The lowest BCUT2D eigenvalue weighted by Crippen LogP contribution is -2.04. The number of nitrogen functional groups attached to an aromatic ring is 1. The molecule has 0 saturated carbocycles. The van der Waals surface area contributed by atoms with Gasteiger partial charge in [0.1, 0.15) is 5.76 Å². The summed E-state index contributed by atoms with van der Waals surface area (Å²) >= 11 is 0. The van der Waals surface area contributed by atoms with Gasteiger partial charge in [0.05, 0.1) is 5.69 Å². The summed E-state index contributed by atoms with van der Waals surface area (Å²) in [7, 11) is 0. The van der Waals surface area contributed by atoms with Crippen LogP contribution < -0.4 is 11.1 Å². The first kappa shape index (κ1) is 13.1. The lowest BCUT2D eigenvalue weighted by atomic mass is 10.1. The van der Waals surface area contributed by atoms with Crippen molar-refractivity contribution in [2.75, 3.05) is 11.1 Å². The first-order valence-corrected chi connectivity index (χ1v) is 6.05. The minimum absolute atomic E-state index is 0.0431. The van der Waals surface area contributed by atoms with Gasteiger partial charge in [-0.2, -0.15) is 0 Å². The van der Waals surface area contributed by atoms with Gasteiger partial charge in [0.15, 0.2) is 5.78 Å². The fraction of sp³-hybridized carbons (Fsp3) is 0.286. The second-order valence-corrected chi connectivity index (χ2v) is 4.51. The van der Waals surface area contributed by atoms with Crippen LogP contribution in [0.5, 0.6) is 0 Å². The van der Waals surface area contributed by atoms with Crippen molar-refractivity contribution in [1.82, 2.24) is 5.16 Å². The van der Waals surface area contributed by atoms with E-state index in [9.17, 15) is 4.79 Å². The van der Waals surface area contributed by atoms with Crippen LogP contribution in [0.25, 0.3) is 0 Å². The van der Waals surface area contributed by atoms with Gasteiger partial charge in [0.25, 0.3) is 0 Å². The third-order valence-electron chi connectivity index (χ3n) is 3.08. The Bertz CT molecular complexity index is 598. The van der Waals surface area contributed by atoms with Gasteiger partial charge in [0.2, 0.25) is 0 Å². The summed E-state index contributed by atoms with van der Waals surface area (Å²) in [4.78, 5) is 11.4. The highest BCUT2D eigenvalue weighted by Gasteiger charge is 2.09. The fourth-order valence-corrected chi connectivity index (χ4v) is 1.92. The highest BCUT2D eigenvalue weighted by molar-refractivity contribution is 6.00. The molecule has 19 heavy (non-hydrogen) atoms. The van der Waals surface area contributed by atoms with E-state index >= 15 is 0 Å². The Labute approximate surface area is 111 Å². The van der Waals surface area contributed by atoms with Gasteiger partial charge in [0, 0.05) is 29.0 Å². The molecule has 0 saturated heterocycles. The van der Waals surface area contributed by atoms with Crippen LogP contribution in [-0.4, -0.2) is 10.9 Å². The zero-order valence-electron chi connectivity index (χ0n) is 11.3. The Morgan fingerprint density at radius 1 is 1.42 bits per heavy atom. The van der Waals surface area contributed by atoms with Crippen molar-refractivity contribution < 1.29 is 9.32 Å². The smallest absolute Gasteiger partial charge is 0.161 e. The van der Waals surface area contributed by atoms with E-state index in [-0.39, 0.29) is 5.78 Å². The van der Waals surface area contributed by atoms with Crippen LogP contribution >= 0.6 is 0 Å². The van der Waals surface area contributed by atoms with Crippen molar-refractivity contribution in [3.8, 4) is 0 Å². The van der Waals surface area contributed by atoms with Crippen molar-refractivity contribution in [3.63, 3.8) is 0 Å². The first-order chi connectivity index (χ1) is 8.99. The molecule has 1 aromatic carbocycles. The third kappa shape index (κ3) is 2.76. The lowest BCUT2D eigenvalue weighted by Gasteiger charge is -2.09. The van der Waals surface area contributed by atoms with E-state index < -0.39 is 0 Å². The molecule has 0 fully saturated rings. The number of rotatable bonds is 4. The number of aryl methyl sites for hydroxylation is 2. The summed E-state index contributed by atoms with van der Waals surface area (Å²) in [6.45, 7) is 5.88. The topological polar surface area (TPSA) is 81.2 Å². The predicted octanol–water partition coefficient (Wildman–Crippen LogP) is 2.69. The quantitative estimate of drug-likeness (QED) is 0.651. The van der Waals surface area contributed by atoms with Gasteiger partial charge in [-0.3, -0.25) is 4.79 Å². The van der Waals surface area contributed by atoms with Gasteiger partial charge < -0.3 is 15.6 Å². The van der Waals surface area contributed by atoms with Gasteiger partial charge in [-0.25, -0.2) is 0 Å². The summed E-state index contributed by atoms with van der Waals surface area (Å²) in [6.07, 6.45) is 0. The van der Waals surface area contributed by atoms with Gasteiger partial charge >= 0.3 is 0 Å². The van der Waals surface area contributed by atoms with Crippen molar-refractivity contribution in [2.45, 2.75) is 27.3 Å². The van der Waals surface area contributed by atoms with Crippen molar-refractivity contribution in [2.24, 2.45) is 0 Å². The first-order valence-electron chi connectivity index (χ1n) is 6.05. The van der Waals surface area contributed by atoms with E-state index in [2.05, 4.69) is 10.5 Å². The molecule has 0 amide bonds. The van der Waals surface area contributed by atoms with Crippen molar-refractivity contribution >= 4 is 17.2 Å². The largest absolute Gasteiger partial charge is 0.398 e. The van der Waals surface area contributed by atoms with Crippen LogP contribution in [-0.2, 0) is 6.54 Å². The molecular weight excluding hydrogens is 242 g/mol. The molecule has 0 aliphatic heterocycles. The number of carbonyl (C=O) groups excluding carboxylic acids is 1. The monoisotopic (exact) mass is 259 g/mol. The molecule has 0 aliphatic rings. The maximum Gasteiger partial charge on any atom is 0.161 e. The molecule has 3 N–H and O–H groups in total. The van der Waals surface area contributed by atoms with Gasteiger partial charge in [-0.1, -0.05) is 5.16 Å². The van der Waals surface area contributed by atoms with E-state index in [1.54, 1.807) is 12.1 Å². The van der Waals surface area contributed by atoms with E-state index in [0.717, 1.165) is 22.7 Å². The van der Waals surface area contributed by atoms with Crippen molar-refractivity contribution in [1.29, 1.82) is 0 Å². The Morgan fingerprint density at radius 2 is 2.16 bits per heavy atom. The maximum absolute atomic E-state index is 11.4. The second kappa shape index (κ2) is 5.14. The highest BCUT2D eigenvalue weighted by Crippen LogP contribution is 2.20. The van der Waals surface area contributed by atoms with Gasteiger partial charge in [-0.05, 0) is 39.0 Å². The number of hydrogen-bond acceptors (Lipinski definition) is 5. The van der Waals surface area contributed by atoms with E-state index in [1.165, 1.54) is 6.92 Å². The fourth-order valence-electron chi connectivity index (χ4n) is 1.92. The minimum Gasteiger partial charge on any atom is -0.398 e. The van der Waals surface area contributed by atoms with Crippen LogP contribution in [0.4, 0.5) is 11.4 Å². The molecule has 5 nitrogen and oxygen atoms in total. The normalized spacial score (nSPS) is 10.5. The molecule has 0 spiro atoms. The molecule has 2 aromatic rings. The van der Waals surface area contributed by atoms with Crippen LogP contribution in [0.2, 0.25) is 0 Å². The van der Waals surface area contributed by atoms with E-state index in [0.29, 0.717) is 17.8 Å². The Hall–Kier alpha value is -2.30.